The van der Waals surface area contributed by atoms with Gasteiger partial charge in [-0.1, -0.05) is 25.1 Å². The third kappa shape index (κ3) is 2.60. The highest BCUT2D eigenvalue weighted by Gasteiger charge is 2.12. The molecule has 0 atom stereocenters. The van der Waals surface area contributed by atoms with E-state index in [0.717, 1.165) is 30.8 Å². The van der Waals surface area contributed by atoms with E-state index in [4.69, 9.17) is 4.42 Å². The zero-order valence-corrected chi connectivity index (χ0v) is 11.5. The van der Waals surface area contributed by atoms with Gasteiger partial charge in [-0.25, -0.2) is 0 Å². The van der Waals surface area contributed by atoms with E-state index in [2.05, 4.69) is 28.8 Å². The van der Waals surface area contributed by atoms with Gasteiger partial charge in [-0.05, 0) is 28.8 Å². The van der Waals surface area contributed by atoms with Crippen molar-refractivity contribution in [3.63, 3.8) is 0 Å². The average molecular weight is 270 g/mol. The first-order valence-electron chi connectivity index (χ1n) is 6.94. The third-order valence-corrected chi connectivity index (χ3v) is 3.59. The Morgan fingerprint density at radius 1 is 1.25 bits per heavy atom. The lowest BCUT2D eigenvalue weighted by Gasteiger charge is -2.06. The van der Waals surface area contributed by atoms with Crippen LogP contribution < -0.4 is 10.6 Å². The standard InChI is InChI=1S/C16H18N2O2/c1-2-14-5-6-15(20-14)16(19)18-8-11-3-4-12-9-17-10-13(12)7-11/h3-7,17H,2,8-10H2,1H3,(H,18,19). The molecule has 0 spiro atoms. The first-order valence-corrected chi connectivity index (χ1v) is 6.94. The molecule has 1 aliphatic heterocycles. The van der Waals surface area contributed by atoms with Crippen LogP contribution in [0.3, 0.4) is 0 Å². The summed E-state index contributed by atoms with van der Waals surface area (Å²) in [4.78, 5) is 12.0. The van der Waals surface area contributed by atoms with E-state index in [0.29, 0.717) is 12.3 Å². The van der Waals surface area contributed by atoms with Gasteiger partial charge < -0.3 is 15.1 Å². The highest BCUT2D eigenvalue weighted by molar-refractivity contribution is 5.91. The molecule has 20 heavy (non-hydrogen) atoms. The van der Waals surface area contributed by atoms with Crippen molar-refractivity contribution in [3.8, 4) is 0 Å². The van der Waals surface area contributed by atoms with Crippen molar-refractivity contribution in [1.82, 2.24) is 10.6 Å². The number of fused-ring (bicyclic) bond motifs is 1. The van der Waals surface area contributed by atoms with E-state index < -0.39 is 0 Å². The number of hydrogen-bond donors (Lipinski definition) is 2. The van der Waals surface area contributed by atoms with Crippen molar-refractivity contribution in [2.75, 3.05) is 0 Å². The smallest absolute Gasteiger partial charge is 0.287 e. The second kappa shape index (κ2) is 5.51. The lowest BCUT2D eigenvalue weighted by atomic mass is 10.1. The summed E-state index contributed by atoms with van der Waals surface area (Å²) in [6.45, 7) is 4.37. The zero-order valence-electron chi connectivity index (χ0n) is 11.5. The fourth-order valence-corrected chi connectivity index (χ4v) is 2.42. The van der Waals surface area contributed by atoms with Crippen molar-refractivity contribution >= 4 is 5.91 Å². The fraction of sp³-hybridized carbons (Fsp3) is 0.312. The van der Waals surface area contributed by atoms with Gasteiger partial charge in [0.05, 0.1) is 0 Å². The van der Waals surface area contributed by atoms with Gasteiger partial charge in [-0.3, -0.25) is 4.79 Å². The molecule has 0 fully saturated rings. The molecule has 2 aromatic rings. The van der Waals surface area contributed by atoms with Crippen molar-refractivity contribution in [1.29, 1.82) is 0 Å². The van der Waals surface area contributed by atoms with Crippen molar-refractivity contribution < 1.29 is 9.21 Å². The summed E-state index contributed by atoms with van der Waals surface area (Å²) in [5.41, 5.74) is 3.78. The molecule has 1 amide bonds. The summed E-state index contributed by atoms with van der Waals surface area (Å²) >= 11 is 0. The maximum Gasteiger partial charge on any atom is 0.287 e. The number of carbonyl (C=O) groups is 1. The Morgan fingerprint density at radius 3 is 2.90 bits per heavy atom. The van der Waals surface area contributed by atoms with E-state index in [9.17, 15) is 4.79 Å². The van der Waals surface area contributed by atoms with Gasteiger partial charge in [0, 0.05) is 26.1 Å². The molecule has 4 nitrogen and oxygen atoms in total. The van der Waals surface area contributed by atoms with Crippen LogP contribution in [-0.4, -0.2) is 5.91 Å². The van der Waals surface area contributed by atoms with Crippen LogP contribution >= 0.6 is 0 Å². The van der Waals surface area contributed by atoms with Gasteiger partial charge in [0.1, 0.15) is 5.76 Å². The van der Waals surface area contributed by atoms with Crippen LogP contribution in [0.15, 0.2) is 34.7 Å². The van der Waals surface area contributed by atoms with Crippen molar-refractivity contribution in [2.45, 2.75) is 33.0 Å². The molecule has 1 aromatic carbocycles. The second-order valence-corrected chi connectivity index (χ2v) is 5.01. The van der Waals surface area contributed by atoms with Gasteiger partial charge in [-0.15, -0.1) is 0 Å². The quantitative estimate of drug-likeness (QED) is 0.897. The summed E-state index contributed by atoms with van der Waals surface area (Å²) in [7, 11) is 0. The summed E-state index contributed by atoms with van der Waals surface area (Å²) in [5, 5.41) is 6.20. The van der Waals surface area contributed by atoms with Crippen LogP contribution in [0.25, 0.3) is 0 Å². The molecule has 2 N–H and O–H groups in total. The number of amides is 1. The molecule has 0 unspecified atom stereocenters. The number of rotatable bonds is 4. The first kappa shape index (κ1) is 12.9. The van der Waals surface area contributed by atoms with Crippen LogP contribution in [0.5, 0.6) is 0 Å². The molecular weight excluding hydrogens is 252 g/mol. The van der Waals surface area contributed by atoms with Gasteiger partial charge in [0.2, 0.25) is 0 Å². The highest BCUT2D eigenvalue weighted by atomic mass is 16.3. The largest absolute Gasteiger partial charge is 0.456 e. The maximum absolute atomic E-state index is 12.0. The number of carbonyl (C=O) groups excluding carboxylic acids is 1. The lowest BCUT2D eigenvalue weighted by Crippen LogP contribution is -2.22. The minimum atomic E-state index is -0.164. The Kier molecular flexibility index (Phi) is 3.56. The van der Waals surface area contributed by atoms with E-state index in [1.807, 2.05) is 13.0 Å². The molecule has 3 rings (SSSR count). The van der Waals surface area contributed by atoms with Crippen LogP contribution in [0, 0.1) is 0 Å². The number of furan rings is 1. The Morgan fingerprint density at radius 2 is 2.10 bits per heavy atom. The highest BCUT2D eigenvalue weighted by Crippen LogP contribution is 2.17. The summed E-state index contributed by atoms with van der Waals surface area (Å²) in [6, 6.07) is 9.90. The number of hydrogen-bond acceptors (Lipinski definition) is 3. The zero-order chi connectivity index (χ0) is 13.9. The van der Waals surface area contributed by atoms with Crippen LogP contribution in [0.1, 0.15) is 39.9 Å². The molecular formula is C16H18N2O2. The fourth-order valence-electron chi connectivity index (χ4n) is 2.42. The molecule has 1 aliphatic rings. The van der Waals surface area contributed by atoms with Crippen LogP contribution in [0.2, 0.25) is 0 Å². The lowest BCUT2D eigenvalue weighted by molar-refractivity contribution is 0.0921. The Bertz CT molecular complexity index is 631. The molecule has 0 aliphatic carbocycles. The molecule has 4 heteroatoms. The molecule has 0 bridgehead atoms. The van der Waals surface area contributed by atoms with Crippen molar-refractivity contribution in [2.24, 2.45) is 0 Å². The average Bonchev–Trinajstić information content (AvgIpc) is 3.12. The molecule has 104 valence electrons. The van der Waals surface area contributed by atoms with Crippen LogP contribution in [0.4, 0.5) is 0 Å². The Labute approximate surface area is 118 Å². The van der Waals surface area contributed by atoms with Crippen LogP contribution in [-0.2, 0) is 26.1 Å². The number of aryl methyl sites for hydroxylation is 1. The molecule has 0 radical (unpaired) electrons. The topological polar surface area (TPSA) is 54.3 Å². The molecule has 0 saturated heterocycles. The van der Waals surface area contributed by atoms with Crippen molar-refractivity contribution in [3.05, 3.63) is 58.5 Å². The summed E-state index contributed by atoms with van der Waals surface area (Å²) < 4.78 is 5.43. The summed E-state index contributed by atoms with van der Waals surface area (Å²) in [5.74, 6) is 1.05. The summed E-state index contributed by atoms with van der Waals surface area (Å²) in [6.07, 6.45) is 0.797. The van der Waals surface area contributed by atoms with E-state index in [-0.39, 0.29) is 5.91 Å². The number of nitrogens with one attached hydrogen (secondary N) is 2. The van der Waals surface area contributed by atoms with Gasteiger partial charge >= 0.3 is 0 Å². The monoisotopic (exact) mass is 270 g/mol. The van der Waals surface area contributed by atoms with E-state index in [1.165, 1.54) is 11.1 Å². The molecule has 0 saturated carbocycles. The maximum atomic E-state index is 12.0. The molecule has 2 heterocycles. The molecule has 1 aromatic heterocycles. The number of benzene rings is 1. The van der Waals surface area contributed by atoms with Gasteiger partial charge in [-0.2, -0.15) is 0 Å². The minimum Gasteiger partial charge on any atom is -0.456 e. The van der Waals surface area contributed by atoms with Gasteiger partial charge in [0.15, 0.2) is 5.76 Å². The SMILES string of the molecule is CCc1ccc(C(=O)NCc2ccc3c(c2)CNC3)o1. The minimum absolute atomic E-state index is 0.164. The predicted octanol–water partition coefficient (Wildman–Crippen LogP) is 2.38. The Balaban J connectivity index is 1.63. The predicted molar refractivity (Wildman–Crippen MR) is 76.2 cm³/mol. The third-order valence-electron chi connectivity index (χ3n) is 3.59. The first-order chi connectivity index (χ1) is 9.76. The second-order valence-electron chi connectivity index (χ2n) is 5.01. The normalized spacial score (nSPS) is 13.2. The van der Waals surface area contributed by atoms with E-state index >= 15 is 0 Å². The van der Waals surface area contributed by atoms with Gasteiger partial charge in [0.25, 0.3) is 5.91 Å². The van der Waals surface area contributed by atoms with E-state index in [1.54, 1.807) is 6.07 Å². The Hall–Kier alpha value is -2.07.